The molecule has 3 heteroatoms. The van der Waals surface area contributed by atoms with Gasteiger partial charge in [-0.2, -0.15) is 0 Å². The molecular formula is C18H19NO2. The van der Waals surface area contributed by atoms with E-state index in [0.29, 0.717) is 12.3 Å². The van der Waals surface area contributed by atoms with Crippen molar-refractivity contribution in [2.24, 2.45) is 0 Å². The SMILES string of the molecule is C=CCNC(=O)COc1ccc(-c2ccc(C)cc2)cc1. The maximum Gasteiger partial charge on any atom is 0.258 e. The van der Waals surface area contributed by atoms with E-state index in [-0.39, 0.29) is 12.5 Å². The van der Waals surface area contributed by atoms with Crippen LogP contribution in [0.4, 0.5) is 0 Å². The van der Waals surface area contributed by atoms with Crippen LogP contribution in [-0.2, 0) is 4.79 Å². The molecule has 0 unspecified atom stereocenters. The van der Waals surface area contributed by atoms with Crippen molar-refractivity contribution in [3.63, 3.8) is 0 Å². The van der Waals surface area contributed by atoms with E-state index in [1.807, 2.05) is 24.3 Å². The van der Waals surface area contributed by atoms with Crippen LogP contribution in [0.25, 0.3) is 11.1 Å². The van der Waals surface area contributed by atoms with E-state index >= 15 is 0 Å². The van der Waals surface area contributed by atoms with Gasteiger partial charge in [-0.1, -0.05) is 48.0 Å². The summed E-state index contributed by atoms with van der Waals surface area (Å²) in [6.07, 6.45) is 1.63. The van der Waals surface area contributed by atoms with Crippen molar-refractivity contribution in [1.29, 1.82) is 0 Å². The Bertz CT molecular complexity index is 600. The van der Waals surface area contributed by atoms with Gasteiger partial charge in [-0.3, -0.25) is 4.79 Å². The van der Waals surface area contributed by atoms with E-state index in [0.717, 1.165) is 11.1 Å². The quantitative estimate of drug-likeness (QED) is 0.825. The second kappa shape index (κ2) is 7.29. The Morgan fingerprint density at radius 3 is 2.24 bits per heavy atom. The van der Waals surface area contributed by atoms with Gasteiger partial charge in [0.15, 0.2) is 6.61 Å². The summed E-state index contributed by atoms with van der Waals surface area (Å²) in [6.45, 7) is 6.07. The zero-order valence-electron chi connectivity index (χ0n) is 12.1. The molecule has 0 fully saturated rings. The molecule has 0 bridgehead atoms. The lowest BCUT2D eigenvalue weighted by atomic mass is 10.0. The average Bonchev–Trinajstić information content (AvgIpc) is 2.52. The van der Waals surface area contributed by atoms with E-state index in [4.69, 9.17) is 4.74 Å². The van der Waals surface area contributed by atoms with Crippen LogP contribution in [0.3, 0.4) is 0 Å². The summed E-state index contributed by atoms with van der Waals surface area (Å²) in [6, 6.07) is 16.1. The number of hydrogen-bond donors (Lipinski definition) is 1. The summed E-state index contributed by atoms with van der Waals surface area (Å²) in [5.74, 6) is 0.525. The van der Waals surface area contributed by atoms with Crippen molar-refractivity contribution in [3.05, 3.63) is 66.7 Å². The lowest BCUT2D eigenvalue weighted by Crippen LogP contribution is -2.28. The molecular weight excluding hydrogens is 262 g/mol. The highest BCUT2D eigenvalue weighted by Crippen LogP contribution is 2.22. The smallest absolute Gasteiger partial charge is 0.258 e. The second-order valence-corrected chi connectivity index (χ2v) is 4.77. The lowest BCUT2D eigenvalue weighted by Gasteiger charge is -2.07. The fourth-order valence-corrected chi connectivity index (χ4v) is 1.88. The molecule has 0 spiro atoms. The van der Waals surface area contributed by atoms with Crippen molar-refractivity contribution in [1.82, 2.24) is 5.32 Å². The number of carbonyl (C=O) groups is 1. The third-order valence-electron chi connectivity index (χ3n) is 3.05. The highest BCUT2D eigenvalue weighted by molar-refractivity contribution is 5.77. The molecule has 2 rings (SSSR count). The number of benzene rings is 2. The standard InChI is InChI=1S/C18H19NO2/c1-3-12-19-18(20)13-21-17-10-8-16(9-11-17)15-6-4-14(2)5-7-15/h3-11H,1,12-13H2,2H3,(H,19,20). The van der Waals surface area contributed by atoms with Crippen LogP contribution < -0.4 is 10.1 Å². The van der Waals surface area contributed by atoms with Gasteiger partial charge in [-0.15, -0.1) is 6.58 Å². The highest BCUT2D eigenvalue weighted by atomic mass is 16.5. The predicted octanol–water partition coefficient (Wildman–Crippen LogP) is 3.34. The van der Waals surface area contributed by atoms with Gasteiger partial charge in [0.25, 0.3) is 5.91 Å². The number of aryl methyl sites for hydroxylation is 1. The van der Waals surface area contributed by atoms with E-state index in [2.05, 4.69) is 43.1 Å². The Morgan fingerprint density at radius 1 is 1.10 bits per heavy atom. The van der Waals surface area contributed by atoms with Crippen LogP contribution in [-0.4, -0.2) is 19.1 Å². The maximum atomic E-state index is 11.4. The van der Waals surface area contributed by atoms with Crippen molar-refractivity contribution in [2.75, 3.05) is 13.2 Å². The summed E-state index contributed by atoms with van der Waals surface area (Å²) in [7, 11) is 0. The first-order valence-corrected chi connectivity index (χ1v) is 6.86. The minimum absolute atomic E-state index is 0.0116. The molecule has 0 aromatic heterocycles. The molecule has 0 heterocycles. The zero-order valence-corrected chi connectivity index (χ0v) is 12.1. The Hall–Kier alpha value is -2.55. The van der Waals surface area contributed by atoms with Gasteiger partial charge in [-0.05, 0) is 30.2 Å². The summed E-state index contributed by atoms with van der Waals surface area (Å²) in [5.41, 5.74) is 3.53. The molecule has 0 aliphatic carbocycles. The number of amides is 1. The summed E-state index contributed by atoms with van der Waals surface area (Å²) < 4.78 is 5.43. The number of hydrogen-bond acceptors (Lipinski definition) is 2. The van der Waals surface area contributed by atoms with Crippen LogP contribution in [0, 0.1) is 6.92 Å². The van der Waals surface area contributed by atoms with Gasteiger partial charge in [0.05, 0.1) is 0 Å². The summed E-state index contributed by atoms with van der Waals surface area (Å²) in [4.78, 5) is 11.4. The minimum atomic E-state index is -0.155. The number of rotatable bonds is 6. The molecule has 1 N–H and O–H groups in total. The fourth-order valence-electron chi connectivity index (χ4n) is 1.88. The van der Waals surface area contributed by atoms with Gasteiger partial charge in [0.2, 0.25) is 0 Å². The molecule has 21 heavy (non-hydrogen) atoms. The first-order valence-electron chi connectivity index (χ1n) is 6.86. The topological polar surface area (TPSA) is 38.3 Å². The van der Waals surface area contributed by atoms with Gasteiger partial charge >= 0.3 is 0 Å². The number of carbonyl (C=O) groups excluding carboxylic acids is 1. The van der Waals surface area contributed by atoms with Crippen LogP contribution in [0.1, 0.15) is 5.56 Å². The second-order valence-electron chi connectivity index (χ2n) is 4.77. The summed E-state index contributed by atoms with van der Waals surface area (Å²) >= 11 is 0. The first-order chi connectivity index (χ1) is 10.2. The molecule has 0 atom stereocenters. The monoisotopic (exact) mass is 281 g/mol. The number of ether oxygens (including phenoxy) is 1. The van der Waals surface area contributed by atoms with E-state index < -0.39 is 0 Å². The minimum Gasteiger partial charge on any atom is -0.484 e. The molecule has 1 amide bonds. The van der Waals surface area contributed by atoms with Crippen molar-refractivity contribution >= 4 is 5.91 Å². The van der Waals surface area contributed by atoms with E-state index in [1.165, 1.54) is 5.56 Å². The molecule has 0 radical (unpaired) electrons. The van der Waals surface area contributed by atoms with Gasteiger partial charge in [0, 0.05) is 6.54 Å². The molecule has 0 aliphatic heterocycles. The Balaban J connectivity index is 1.94. The third-order valence-corrected chi connectivity index (χ3v) is 3.05. The first kappa shape index (κ1) is 14.9. The van der Waals surface area contributed by atoms with Crippen LogP contribution in [0.2, 0.25) is 0 Å². The van der Waals surface area contributed by atoms with E-state index in [9.17, 15) is 4.79 Å². The van der Waals surface area contributed by atoms with Crippen molar-refractivity contribution in [2.45, 2.75) is 6.92 Å². The third kappa shape index (κ3) is 4.49. The number of nitrogens with one attached hydrogen (secondary N) is 1. The van der Waals surface area contributed by atoms with Crippen molar-refractivity contribution in [3.8, 4) is 16.9 Å². The predicted molar refractivity (Wildman–Crippen MR) is 85.3 cm³/mol. The van der Waals surface area contributed by atoms with Gasteiger partial charge in [0.1, 0.15) is 5.75 Å². The maximum absolute atomic E-state index is 11.4. The summed E-state index contributed by atoms with van der Waals surface area (Å²) in [5, 5.41) is 2.66. The van der Waals surface area contributed by atoms with Crippen molar-refractivity contribution < 1.29 is 9.53 Å². The molecule has 2 aromatic rings. The lowest BCUT2D eigenvalue weighted by molar-refractivity contribution is -0.122. The molecule has 2 aromatic carbocycles. The zero-order chi connectivity index (χ0) is 15.1. The Labute approximate surface area is 125 Å². The fraction of sp³-hybridized carbons (Fsp3) is 0.167. The van der Waals surface area contributed by atoms with Gasteiger partial charge in [-0.25, -0.2) is 0 Å². The van der Waals surface area contributed by atoms with Crippen LogP contribution >= 0.6 is 0 Å². The molecule has 0 saturated carbocycles. The molecule has 0 aliphatic rings. The molecule has 108 valence electrons. The van der Waals surface area contributed by atoms with Gasteiger partial charge < -0.3 is 10.1 Å². The normalized spacial score (nSPS) is 9.95. The van der Waals surface area contributed by atoms with Crippen LogP contribution in [0.15, 0.2) is 61.2 Å². The largest absolute Gasteiger partial charge is 0.484 e. The highest BCUT2D eigenvalue weighted by Gasteiger charge is 2.02. The van der Waals surface area contributed by atoms with Crippen LogP contribution in [0.5, 0.6) is 5.75 Å². The van der Waals surface area contributed by atoms with E-state index in [1.54, 1.807) is 6.08 Å². The Morgan fingerprint density at radius 2 is 1.67 bits per heavy atom. The average molecular weight is 281 g/mol. The Kier molecular flexibility index (Phi) is 5.16. The molecule has 0 saturated heterocycles. The molecule has 3 nitrogen and oxygen atoms in total.